The van der Waals surface area contributed by atoms with E-state index in [1.807, 2.05) is 0 Å². The molecule has 1 aliphatic rings. The fourth-order valence-electron chi connectivity index (χ4n) is 8.95. The van der Waals surface area contributed by atoms with E-state index in [0.29, 0.717) is 0 Å². The Balaban J connectivity index is 2.59. The zero-order chi connectivity index (χ0) is 37.0. The van der Waals surface area contributed by atoms with Crippen LogP contribution in [0.1, 0.15) is 44.4 Å². The van der Waals surface area contributed by atoms with Crippen molar-refractivity contribution in [2.75, 3.05) is 114 Å². The molecule has 4 rings (SSSR count). The Morgan fingerprint density at radius 3 is 0.776 bits per heavy atom. The third-order valence-corrected chi connectivity index (χ3v) is 16.6. The molecule has 1 aliphatic carbocycles. The first-order valence-electron chi connectivity index (χ1n) is 17.6. The Labute approximate surface area is 300 Å². The van der Waals surface area contributed by atoms with Gasteiger partial charge in [-0.25, -0.2) is 0 Å². The molecule has 0 saturated carbocycles. The van der Waals surface area contributed by atoms with Crippen LogP contribution in [-0.2, 0) is 0 Å². The largest absolute Gasteiger partial charge is 0.376 e. The van der Waals surface area contributed by atoms with Crippen molar-refractivity contribution < 1.29 is 0 Å². The molecule has 6 nitrogen and oxygen atoms in total. The van der Waals surface area contributed by atoms with Crippen LogP contribution in [0.25, 0.3) is 0 Å². The van der Waals surface area contributed by atoms with E-state index in [0.717, 1.165) is 0 Å². The molecule has 266 valence electrons. The Morgan fingerprint density at radius 2 is 0.571 bits per heavy atom. The minimum absolute atomic E-state index is 0.205. The highest BCUT2D eigenvalue weighted by atomic mass is 28.3. The summed E-state index contributed by atoms with van der Waals surface area (Å²) in [6.07, 6.45) is 0. The van der Waals surface area contributed by atoms with Crippen LogP contribution in [0, 0.1) is 20.8 Å². The normalized spacial score (nSPS) is 13.8. The molecule has 0 heterocycles. The van der Waals surface area contributed by atoms with E-state index in [4.69, 9.17) is 0 Å². The van der Waals surface area contributed by atoms with Gasteiger partial charge in [-0.3, -0.25) is 0 Å². The quantitative estimate of drug-likeness (QED) is 0.178. The Morgan fingerprint density at radius 1 is 0.347 bits per heavy atom. The summed E-state index contributed by atoms with van der Waals surface area (Å²) in [4.78, 5) is 14.1. The summed E-state index contributed by atoms with van der Waals surface area (Å²) in [5.41, 5.74) is 17.7. The molecule has 0 aromatic heterocycles. The molecule has 49 heavy (non-hydrogen) atoms. The average Bonchev–Trinajstić information content (AvgIpc) is 3.19. The summed E-state index contributed by atoms with van der Waals surface area (Å²) in [5, 5.41) is 4.35. The molecule has 0 fully saturated rings. The van der Waals surface area contributed by atoms with Gasteiger partial charge in [-0.2, -0.15) is 0 Å². The molecule has 0 radical (unpaired) electrons. The van der Waals surface area contributed by atoms with Gasteiger partial charge in [-0.15, -0.1) is 0 Å². The number of anilines is 6. The number of aryl methyl sites for hydroxylation is 3. The van der Waals surface area contributed by atoms with Crippen LogP contribution in [0.2, 0.25) is 5.54 Å². The molecule has 0 spiro atoms. The Kier molecular flexibility index (Phi) is 10.7. The SMILES string of the molecule is CC1=C(C)C([Si](c2ccc(C)c(N(C)C)c2N(C)C)(c2ccc(C)c(N(C)C)c2N(C)C)c2ccc(C)c(N(C)C)c2N(C)C)C(C)=C1C. The monoisotopic (exact) mass is 680 g/mol. The number of hydrogen-bond donors (Lipinski definition) is 0. The van der Waals surface area contributed by atoms with Gasteiger partial charge in [0.05, 0.1) is 34.1 Å². The van der Waals surface area contributed by atoms with Crippen molar-refractivity contribution in [3.8, 4) is 0 Å². The Hall–Kier alpha value is -3.84. The predicted octanol–water partition coefficient (Wildman–Crippen LogP) is 6.53. The zero-order valence-corrected chi connectivity index (χ0v) is 35.2. The number of rotatable bonds is 10. The van der Waals surface area contributed by atoms with Crippen molar-refractivity contribution in [2.24, 2.45) is 0 Å². The fourth-order valence-corrected chi connectivity index (χ4v) is 15.7. The summed E-state index contributed by atoms with van der Waals surface area (Å²) < 4.78 is 0. The van der Waals surface area contributed by atoms with Crippen LogP contribution in [0.3, 0.4) is 0 Å². The maximum atomic E-state index is 2.51. The van der Waals surface area contributed by atoms with E-state index in [2.05, 4.69) is 199 Å². The highest BCUT2D eigenvalue weighted by Gasteiger charge is 2.55. The molecule has 7 heteroatoms. The van der Waals surface area contributed by atoms with Crippen molar-refractivity contribution in [3.63, 3.8) is 0 Å². The molecule has 0 unspecified atom stereocenters. The topological polar surface area (TPSA) is 19.4 Å². The second-order valence-electron chi connectivity index (χ2n) is 15.6. The summed E-state index contributed by atoms with van der Waals surface area (Å²) in [7, 11) is 23.5. The van der Waals surface area contributed by atoms with Crippen LogP contribution in [-0.4, -0.2) is 92.6 Å². The number of allylic oxidation sites excluding steroid dienone is 4. The molecule has 0 amide bonds. The smallest absolute Gasteiger partial charge is 0.167 e. The van der Waals surface area contributed by atoms with Gasteiger partial charge in [-0.1, -0.05) is 47.5 Å². The van der Waals surface area contributed by atoms with Crippen LogP contribution < -0.4 is 45.0 Å². The second-order valence-corrected chi connectivity index (χ2v) is 19.4. The number of hydrogen-bond acceptors (Lipinski definition) is 6. The first-order valence-corrected chi connectivity index (χ1v) is 19.6. The number of benzene rings is 3. The van der Waals surface area contributed by atoms with Gasteiger partial charge in [0, 0.05) is 90.1 Å². The lowest BCUT2D eigenvalue weighted by Gasteiger charge is -2.47. The molecule has 0 atom stereocenters. The van der Waals surface area contributed by atoms with Crippen LogP contribution in [0.15, 0.2) is 58.7 Å². The molecular formula is C42H64N6Si. The molecular weight excluding hydrogens is 617 g/mol. The van der Waals surface area contributed by atoms with E-state index < -0.39 is 8.07 Å². The van der Waals surface area contributed by atoms with Gasteiger partial charge in [0.15, 0.2) is 8.07 Å². The summed E-state index contributed by atoms with van der Waals surface area (Å²) in [5.74, 6) is 0. The third-order valence-electron chi connectivity index (χ3n) is 11.1. The predicted molar refractivity (Wildman–Crippen MR) is 225 cm³/mol. The zero-order valence-electron chi connectivity index (χ0n) is 34.2. The summed E-state index contributed by atoms with van der Waals surface area (Å²) in [6.45, 7) is 16.3. The lowest BCUT2D eigenvalue weighted by atomic mass is 10.1. The minimum Gasteiger partial charge on any atom is -0.376 e. The van der Waals surface area contributed by atoms with E-state index in [1.54, 1.807) is 0 Å². The van der Waals surface area contributed by atoms with Crippen molar-refractivity contribution in [1.82, 2.24) is 0 Å². The van der Waals surface area contributed by atoms with Gasteiger partial charge in [-0.05, 0) is 91.9 Å². The number of nitrogens with zero attached hydrogens (tertiary/aromatic N) is 6. The maximum absolute atomic E-state index is 3.14. The average molecular weight is 681 g/mol. The van der Waals surface area contributed by atoms with Crippen molar-refractivity contribution in [3.05, 3.63) is 75.4 Å². The fraction of sp³-hybridized carbons (Fsp3) is 0.476. The van der Waals surface area contributed by atoms with Crippen LogP contribution >= 0.6 is 0 Å². The first-order chi connectivity index (χ1) is 22.7. The molecule has 0 aliphatic heterocycles. The van der Waals surface area contributed by atoms with E-state index >= 15 is 0 Å². The lowest BCUT2D eigenvalue weighted by molar-refractivity contribution is 1.05. The minimum atomic E-state index is -3.14. The first kappa shape index (κ1) is 38.0. The maximum Gasteiger partial charge on any atom is 0.167 e. The van der Waals surface area contributed by atoms with Crippen LogP contribution in [0.4, 0.5) is 34.1 Å². The van der Waals surface area contributed by atoms with E-state index in [1.165, 1.54) is 88.7 Å². The van der Waals surface area contributed by atoms with Crippen molar-refractivity contribution >= 4 is 57.8 Å². The highest BCUT2D eigenvalue weighted by molar-refractivity contribution is 7.15. The standard InChI is InChI=1S/C42H64N6Si/c1-26-20-23-33(39(46(14)15)36(26)43(8)9)49(42-31(6)29(4)30(5)32(42)7,34-24-21-27(2)37(44(10)11)40(34)47(16)17)35-25-22-28(3)38(45(12)13)41(35)48(18)19/h20-25,42H,1-19H3. The van der Waals surface area contributed by atoms with Gasteiger partial charge in [0.25, 0.3) is 0 Å². The van der Waals surface area contributed by atoms with Crippen molar-refractivity contribution in [2.45, 2.75) is 54.0 Å². The van der Waals surface area contributed by atoms with Gasteiger partial charge in [0.1, 0.15) is 0 Å². The van der Waals surface area contributed by atoms with Gasteiger partial charge >= 0.3 is 0 Å². The molecule has 3 aromatic carbocycles. The summed E-state index contributed by atoms with van der Waals surface area (Å²) in [6, 6.07) is 14.7. The Bertz CT molecular complexity index is 1620. The summed E-state index contributed by atoms with van der Waals surface area (Å²) >= 11 is 0. The van der Waals surface area contributed by atoms with Crippen molar-refractivity contribution in [1.29, 1.82) is 0 Å². The molecule has 0 N–H and O–H groups in total. The van der Waals surface area contributed by atoms with E-state index in [-0.39, 0.29) is 5.54 Å². The molecule has 3 aromatic rings. The molecule has 0 bridgehead atoms. The second kappa shape index (κ2) is 13.8. The van der Waals surface area contributed by atoms with Crippen LogP contribution in [0.5, 0.6) is 0 Å². The third kappa shape index (κ3) is 5.92. The van der Waals surface area contributed by atoms with Gasteiger partial charge < -0.3 is 29.4 Å². The van der Waals surface area contributed by atoms with E-state index in [9.17, 15) is 0 Å². The molecule has 0 saturated heterocycles. The highest BCUT2D eigenvalue weighted by Crippen LogP contribution is 2.50. The van der Waals surface area contributed by atoms with Gasteiger partial charge in [0.2, 0.25) is 0 Å². The lowest BCUT2D eigenvalue weighted by Crippen LogP contribution is -2.72.